The van der Waals surface area contributed by atoms with E-state index in [0.717, 1.165) is 19.5 Å². The molecule has 4 heteroatoms. The Bertz CT molecular complexity index is 185. The van der Waals surface area contributed by atoms with E-state index in [-0.39, 0.29) is 11.9 Å². The maximum Gasteiger partial charge on any atom is 0.237 e. The van der Waals surface area contributed by atoms with Gasteiger partial charge in [0.1, 0.15) is 0 Å². The number of hydrogen-bond donors (Lipinski definition) is 2. The molecule has 0 aliphatic heterocycles. The summed E-state index contributed by atoms with van der Waals surface area (Å²) in [5.41, 5.74) is 0. The molecular weight excluding hydrogens is 202 g/mol. The fraction of sp³-hybridized carbons (Fsp3) is 0.917. The van der Waals surface area contributed by atoms with Gasteiger partial charge in [0.15, 0.2) is 0 Å². The Kier molecular flexibility index (Phi) is 8.21. The molecule has 0 saturated carbocycles. The molecule has 0 heterocycles. The standard InChI is InChI=1S/C12H27N3O/c1-6-7-13-8-9-14-12(16)11(10(2)3)15(4)5/h10-11,13H,6-9H2,1-5H3,(H,14,16). The second kappa shape index (κ2) is 8.53. The van der Waals surface area contributed by atoms with E-state index >= 15 is 0 Å². The minimum absolute atomic E-state index is 0.0359. The zero-order chi connectivity index (χ0) is 12.6. The molecule has 4 nitrogen and oxygen atoms in total. The molecule has 1 amide bonds. The van der Waals surface area contributed by atoms with Crippen LogP contribution in [0.4, 0.5) is 0 Å². The SMILES string of the molecule is CCCNCCNC(=O)C(C(C)C)N(C)C. The second-order valence-electron chi connectivity index (χ2n) is 4.69. The first-order valence-corrected chi connectivity index (χ1v) is 6.15. The summed E-state index contributed by atoms with van der Waals surface area (Å²) in [6.07, 6.45) is 1.13. The molecule has 0 aromatic rings. The van der Waals surface area contributed by atoms with Crippen molar-refractivity contribution in [1.29, 1.82) is 0 Å². The summed E-state index contributed by atoms with van der Waals surface area (Å²) in [7, 11) is 3.89. The van der Waals surface area contributed by atoms with E-state index in [4.69, 9.17) is 0 Å². The van der Waals surface area contributed by atoms with Crippen molar-refractivity contribution < 1.29 is 4.79 Å². The van der Waals surface area contributed by atoms with Crippen LogP contribution in [0.3, 0.4) is 0 Å². The van der Waals surface area contributed by atoms with E-state index in [9.17, 15) is 4.79 Å². The minimum Gasteiger partial charge on any atom is -0.353 e. The Balaban J connectivity index is 3.84. The minimum atomic E-state index is -0.0359. The molecule has 1 unspecified atom stereocenters. The molecule has 0 aliphatic rings. The lowest BCUT2D eigenvalue weighted by Crippen LogP contribution is -2.48. The third-order valence-electron chi connectivity index (χ3n) is 2.48. The van der Waals surface area contributed by atoms with Gasteiger partial charge in [0.25, 0.3) is 0 Å². The smallest absolute Gasteiger partial charge is 0.237 e. The topological polar surface area (TPSA) is 44.4 Å². The molecule has 0 saturated heterocycles. The molecule has 0 aromatic carbocycles. The number of amides is 1. The van der Waals surface area contributed by atoms with Crippen molar-refractivity contribution in [2.75, 3.05) is 33.7 Å². The highest BCUT2D eigenvalue weighted by Gasteiger charge is 2.23. The highest BCUT2D eigenvalue weighted by molar-refractivity contribution is 5.81. The van der Waals surface area contributed by atoms with Crippen LogP contribution in [0, 0.1) is 5.92 Å². The quantitative estimate of drug-likeness (QED) is 0.602. The molecule has 0 bridgehead atoms. The molecule has 0 aromatic heterocycles. The van der Waals surface area contributed by atoms with Gasteiger partial charge in [-0.15, -0.1) is 0 Å². The predicted octanol–water partition coefficient (Wildman–Crippen LogP) is 0.688. The van der Waals surface area contributed by atoms with Crippen LogP contribution in [0.2, 0.25) is 0 Å². The van der Waals surface area contributed by atoms with Crippen LogP contribution in [-0.2, 0) is 4.79 Å². The van der Waals surface area contributed by atoms with Gasteiger partial charge in [0.2, 0.25) is 5.91 Å². The largest absolute Gasteiger partial charge is 0.353 e. The first-order chi connectivity index (χ1) is 7.50. The van der Waals surface area contributed by atoms with Gasteiger partial charge in [-0.2, -0.15) is 0 Å². The average Bonchev–Trinajstić information content (AvgIpc) is 2.16. The summed E-state index contributed by atoms with van der Waals surface area (Å²) in [5.74, 6) is 0.455. The highest BCUT2D eigenvalue weighted by atomic mass is 16.2. The average molecular weight is 229 g/mol. The van der Waals surface area contributed by atoms with Gasteiger partial charge in [0, 0.05) is 13.1 Å². The van der Waals surface area contributed by atoms with Crippen molar-refractivity contribution in [3.8, 4) is 0 Å². The maximum atomic E-state index is 11.9. The third kappa shape index (κ3) is 6.08. The van der Waals surface area contributed by atoms with E-state index in [2.05, 4.69) is 31.4 Å². The number of carbonyl (C=O) groups is 1. The molecule has 1 atom stereocenters. The van der Waals surface area contributed by atoms with Crippen LogP contribution >= 0.6 is 0 Å². The summed E-state index contributed by atoms with van der Waals surface area (Å²) in [4.78, 5) is 13.8. The maximum absolute atomic E-state index is 11.9. The van der Waals surface area contributed by atoms with Crippen LogP contribution < -0.4 is 10.6 Å². The molecule has 16 heavy (non-hydrogen) atoms. The lowest BCUT2D eigenvalue weighted by molar-refractivity contribution is -0.126. The Morgan fingerprint density at radius 2 is 1.81 bits per heavy atom. The first kappa shape index (κ1) is 15.4. The summed E-state index contributed by atoms with van der Waals surface area (Å²) < 4.78 is 0. The number of nitrogens with zero attached hydrogens (tertiary/aromatic N) is 1. The summed E-state index contributed by atoms with van der Waals surface area (Å²) in [6, 6.07) is -0.0359. The molecule has 2 N–H and O–H groups in total. The van der Waals surface area contributed by atoms with Gasteiger partial charge in [-0.05, 0) is 33.0 Å². The van der Waals surface area contributed by atoms with Crippen molar-refractivity contribution in [2.24, 2.45) is 5.92 Å². The number of carbonyl (C=O) groups excluding carboxylic acids is 1. The van der Waals surface area contributed by atoms with E-state index in [1.165, 1.54) is 0 Å². The van der Waals surface area contributed by atoms with Gasteiger partial charge in [-0.25, -0.2) is 0 Å². The van der Waals surface area contributed by atoms with Crippen molar-refractivity contribution in [3.05, 3.63) is 0 Å². The van der Waals surface area contributed by atoms with E-state index in [0.29, 0.717) is 12.5 Å². The Hall–Kier alpha value is -0.610. The lowest BCUT2D eigenvalue weighted by Gasteiger charge is -2.26. The Morgan fingerprint density at radius 3 is 2.25 bits per heavy atom. The van der Waals surface area contributed by atoms with Crippen LogP contribution in [0.1, 0.15) is 27.2 Å². The fourth-order valence-corrected chi connectivity index (χ4v) is 1.81. The normalized spacial score (nSPS) is 13.2. The Labute approximate surface area is 99.8 Å². The Morgan fingerprint density at radius 1 is 1.19 bits per heavy atom. The lowest BCUT2D eigenvalue weighted by atomic mass is 10.0. The second-order valence-corrected chi connectivity index (χ2v) is 4.69. The van der Waals surface area contributed by atoms with Crippen LogP contribution in [0.5, 0.6) is 0 Å². The molecule has 0 spiro atoms. The van der Waals surface area contributed by atoms with Gasteiger partial charge < -0.3 is 10.6 Å². The van der Waals surface area contributed by atoms with Gasteiger partial charge in [-0.1, -0.05) is 20.8 Å². The van der Waals surface area contributed by atoms with Crippen molar-refractivity contribution in [2.45, 2.75) is 33.2 Å². The van der Waals surface area contributed by atoms with Crippen LogP contribution in [-0.4, -0.2) is 50.6 Å². The molecule has 96 valence electrons. The molecular formula is C12H27N3O. The summed E-state index contributed by atoms with van der Waals surface area (Å²) >= 11 is 0. The van der Waals surface area contributed by atoms with Crippen LogP contribution in [0.15, 0.2) is 0 Å². The van der Waals surface area contributed by atoms with E-state index in [1.807, 2.05) is 19.0 Å². The molecule has 0 rings (SSSR count). The third-order valence-corrected chi connectivity index (χ3v) is 2.48. The van der Waals surface area contributed by atoms with Gasteiger partial charge in [0.05, 0.1) is 6.04 Å². The number of nitrogens with one attached hydrogen (secondary N) is 2. The van der Waals surface area contributed by atoms with Crippen LogP contribution in [0.25, 0.3) is 0 Å². The molecule has 0 fully saturated rings. The van der Waals surface area contributed by atoms with Gasteiger partial charge in [-0.3, -0.25) is 9.69 Å². The predicted molar refractivity (Wildman–Crippen MR) is 68.5 cm³/mol. The monoisotopic (exact) mass is 229 g/mol. The van der Waals surface area contributed by atoms with E-state index in [1.54, 1.807) is 0 Å². The number of likely N-dealkylation sites (N-methyl/N-ethyl adjacent to an activating group) is 1. The zero-order valence-corrected chi connectivity index (χ0v) is 11.3. The summed E-state index contributed by atoms with van der Waals surface area (Å²) in [6.45, 7) is 8.83. The molecule has 0 radical (unpaired) electrons. The first-order valence-electron chi connectivity index (χ1n) is 6.15. The fourth-order valence-electron chi connectivity index (χ4n) is 1.81. The number of hydrogen-bond acceptors (Lipinski definition) is 3. The highest BCUT2D eigenvalue weighted by Crippen LogP contribution is 2.06. The van der Waals surface area contributed by atoms with Crippen molar-refractivity contribution in [1.82, 2.24) is 15.5 Å². The van der Waals surface area contributed by atoms with Crippen molar-refractivity contribution in [3.63, 3.8) is 0 Å². The van der Waals surface area contributed by atoms with Crippen molar-refractivity contribution >= 4 is 5.91 Å². The molecule has 0 aliphatic carbocycles. The van der Waals surface area contributed by atoms with Gasteiger partial charge >= 0.3 is 0 Å². The zero-order valence-electron chi connectivity index (χ0n) is 11.3. The van der Waals surface area contributed by atoms with E-state index < -0.39 is 0 Å². The number of rotatable bonds is 8. The summed E-state index contributed by atoms with van der Waals surface area (Å²) in [5, 5.41) is 6.22.